The maximum absolute atomic E-state index is 11.7. The molecule has 0 bridgehead atoms. The van der Waals surface area contributed by atoms with Gasteiger partial charge in [-0.05, 0) is 26.2 Å². The van der Waals surface area contributed by atoms with Crippen LogP contribution in [0, 0.1) is 5.92 Å². The smallest absolute Gasteiger partial charge is 0.188 e. The fraction of sp³-hybridized carbons (Fsp3) is 0.941. The molecule has 0 aromatic carbocycles. The van der Waals surface area contributed by atoms with Crippen molar-refractivity contribution in [2.24, 2.45) is 5.92 Å². The lowest BCUT2D eigenvalue weighted by atomic mass is 10.1. The van der Waals surface area contributed by atoms with Gasteiger partial charge in [0, 0.05) is 18.1 Å². The molecule has 0 aromatic heterocycles. The van der Waals surface area contributed by atoms with Crippen molar-refractivity contribution in [2.45, 2.75) is 84.5 Å². The van der Waals surface area contributed by atoms with Crippen LogP contribution in [-0.2, 0) is 9.53 Å². The second-order valence-corrected chi connectivity index (χ2v) is 7.18. The fourth-order valence-electron chi connectivity index (χ4n) is 2.03. The first-order chi connectivity index (χ1) is 10.5. The minimum atomic E-state index is -0.919. The highest BCUT2D eigenvalue weighted by Gasteiger charge is 2.16. The highest BCUT2D eigenvalue weighted by atomic mass is 32.2. The molecule has 0 aliphatic heterocycles. The van der Waals surface area contributed by atoms with Gasteiger partial charge in [-0.3, -0.25) is 4.79 Å². The zero-order valence-electron chi connectivity index (χ0n) is 14.4. The quantitative estimate of drug-likeness (QED) is 0.374. The van der Waals surface area contributed by atoms with E-state index in [1.54, 1.807) is 6.92 Å². The molecule has 0 radical (unpaired) electrons. The SMILES string of the molecule is CCCCCCCC(=O)SCCCC(C)OC(O)C(C)CO. The number of hydrogen-bond acceptors (Lipinski definition) is 5. The number of carbonyl (C=O) groups is 1. The molecular formula is C17H34O4S. The lowest BCUT2D eigenvalue weighted by Gasteiger charge is -2.21. The molecule has 2 N–H and O–H groups in total. The van der Waals surface area contributed by atoms with E-state index in [9.17, 15) is 9.90 Å². The average Bonchev–Trinajstić information content (AvgIpc) is 2.50. The molecule has 0 rings (SSSR count). The Morgan fingerprint density at radius 1 is 1.14 bits per heavy atom. The first-order valence-corrected chi connectivity index (χ1v) is 9.59. The van der Waals surface area contributed by atoms with Crippen molar-refractivity contribution in [2.75, 3.05) is 12.4 Å². The van der Waals surface area contributed by atoms with E-state index in [4.69, 9.17) is 9.84 Å². The summed E-state index contributed by atoms with van der Waals surface area (Å²) in [7, 11) is 0. The van der Waals surface area contributed by atoms with Crippen LogP contribution in [-0.4, -0.2) is 40.1 Å². The summed E-state index contributed by atoms with van der Waals surface area (Å²) < 4.78 is 5.41. The van der Waals surface area contributed by atoms with E-state index < -0.39 is 6.29 Å². The lowest BCUT2D eigenvalue weighted by Crippen LogP contribution is -2.28. The maximum Gasteiger partial charge on any atom is 0.188 e. The van der Waals surface area contributed by atoms with E-state index in [1.807, 2.05) is 6.92 Å². The summed E-state index contributed by atoms with van der Waals surface area (Å²) in [6.45, 7) is 5.76. The number of unbranched alkanes of at least 4 members (excludes halogenated alkanes) is 4. The van der Waals surface area contributed by atoms with Crippen molar-refractivity contribution in [3.63, 3.8) is 0 Å². The molecule has 5 heteroatoms. The highest BCUT2D eigenvalue weighted by molar-refractivity contribution is 8.13. The summed E-state index contributed by atoms with van der Waals surface area (Å²) in [4.78, 5) is 11.7. The molecule has 3 atom stereocenters. The molecule has 0 aliphatic rings. The van der Waals surface area contributed by atoms with E-state index in [0.717, 1.165) is 31.4 Å². The summed E-state index contributed by atoms with van der Waals surface area (Å²) in [5, 5.41) is 18.9. The standard InChI is InChI=1S/C17H34O4S/c1-4-5-6-7-8-11-16(19)22-12-9-10-15(3)21-17(20)14(2)13-18/h14-15,17-18,20H,4-13H2,1-3H3. The van der Waals surface area contributed by atoms with Crippen molar-refractivity contribution in [1.29, 1.82) is 0 Å². The molecule has 0 fully saturated rings. The summed E-state index contributed by atoms with van der Waals surface area (Å²) in [5.41, 5.74) is 0. The molecule has 3 unspecified atom stereocenters. The number of hydrogen-bond donors (Lipinski definition) is 2. The molecule has 0 spiro atoms. The Morgan fingerprint density at radius 3 is 2.45 bits per heavy atom. The second-order valence-electron chi connectivity index (χ2n) is 6.02. The van der Waals surface area contributed by atoms with Crippen molar-refractivity contribution in [3.8, 4) is 0 Å². The van der Waals surface area contributed by atoms with Crippen molar-refractivity contribution >= 4 is 16.9 Å². The molecule has 0 aromatic rings. The Bertz CT molecular complexity index is 273. The van der Waals surface area contributed by atoms with Gasteiger partial charge in [0.25, 0.3) is 0 Å². The minimum Gasteiger partial charge on any atom is -0.396 e. The van der Waals surface area contributed by atoms with E-state index >= 15 is 0 Å². The topological polar surface area (TPSA) is 66.8 Å². The van der Waals surface area contributed by atoms with Crippen LogP contribution in [0.3, 0.4) is 0 Å². The van der Waals surface area contributed by atoms with Gasteiger partial charge in [-0.2, -0.15) is 0 Å². The lowest BCUT2D eigenvalue weighted by molar-refractivity contribution is -0.165. The van der Waals surface area contributed by atoms with Crippen LogP contribution >= 0.6 is 11.8 Å². The minimum absolute atomic E-state index is 0.0613. The summed E-state index contributed by atoms with van der Waals surface area (Å²) >= 11 is 1.41. The molecule has 132 valence electrons. The Labute approximate surface area is 140 Å². The third-order valence-electron chi connectivity index (χ3n) is 3.65. The van der Waals surface area contributed by atoms with Gasteiger partial charge in [0.2, 0.25) is 0 Å². The Morgan fingerprint density at radius 2 is 1.82 bits per heavy atom. The number of aliphatic hydroxyl groups is 2. The Kier molecular flexibility index (Phi) is 14.4. The summed E-state index contributed by atoms with van der Waals surface area (Å²) in [6, 6.07) is 0. The van der Waals surface area contributed by atoms with Crippen LogP contribution in [0.1, 0.15) is 72.1 Å². The summed E-state index contributed by atoms with van der Waals surface area (Å²) in [5.74, 6) is 0.541. The second kappa shape index (κ2) is 14.5. The predicted molar refractivity (Wildman–Crippen MR) is 92.9 cm³/mol. The third kappa shape index (κ3) is 12.4. The van der Waals surface area contributed by atoms with Gasteiger partial charge < -0.3 is 14.9 Å². The number of thioether (sulfide) groups is 1. The van der Waals surface area contributed by atoms with Crippen LogP contribution in [0.25, 0.3) is 0 Å². The van der Waals surface area contributed by atoms with E-state index in [2.05, 4.69) is 6.92 Å². The van der Waals surface area contributed by atoms with Crippen LogP contribution in [0.2, 0.25) is 0 Å². The normalized spacial score (nSPS) is 15.5. The molecule has 0 saturated carbocycles. The van der Waals surface area contributed by atoms with Gasteiger partial charge in [-0.15, -0.1) is 0 Å². The number of aliphatic hydroxyl groups excluding tert-OH is 2. The fourth-order valence-corrected chi connectivity index (χ4v) is 2.86. The zero-order valence-corrected chi connectivity index (χ0v) is 15.2. The zero-order chi connectivity index (χ0) is 16.8. The monoisotopic (exact) mass is 334 g/mol. The van der Waals surface area contributed by atoms with Crippen LogP contribution in [0.4, 0.5) is 0 Å². The van der Waals surface area contributed by atoms with Gasteiger partial charge in [0.1, 0.15) is 0 Å². The number of ether oxygens (including phenoxy) is 1. The first kappa shape index (κ1) is 21.9. The third-order valence-corrected chi connectivity index (χ3v) is 4.67. The van der Waals surface area contributed by atoms with Crippen LogP contribution < -0.4 is 0 Å². The van der Waals surface area contributed by atoms with Crippen molar-refractivity contribution in [1.82, 2.24) is 0 Å². The first-order valence-electron chi connectivity index (χ1n) is 8.61. The molecule has 4 nitrogen and oxygen atoms in total. The highest BCUT2D eigenvalue weighted by Crippen LogP contribution is 2.15. The summed E-state index contributed by atoms with van der Waals surface area (Å²) in [6.07, 6.45) is 7.31. The van der Waals surface area contributed by atoms with Gasteiger partial charge in [-0.1, -0.05) is 51.3 Å². The van der Waals surface area contributed by atoms with E-state index in [-0.39, 0.29) is 18.6 Å². The van der Waals surface area contributed by atoms with Crippen LogP contribution in [0.15, 0.2) is 0 Å². The van der Waals surface area contributed by atoms with Gasteiger partial charge in [-0.25, -0.2) is 0 Å². The molecule has 0 heterocycles. The maximum atomic E-state index is 11.7. The van der Waals surface area contributed by atoms with Crippen molar-refractivity contribution < 1.29 is 19.7 Å². The van der Waals surface area contributed by atoms with Crippen molar-refractivity contribution in [3.05, 3.63) is 0 Å². The van der Waals surface area contributed by atoms with Gasteiger partial charge in [0.15, 0.2) is 11.4 Å². The van der Waals surface area contributed by atoms with Gasteiger partial charge >= 0.3 is 0 Å². The molecule has 0 saturated heterocycles. The predicted octanol–water partition coefficient (Wildman–Crippen LogP) is 3.74. The van der Waals surface area contributed by atoms with E-state index in [0.29, 0.717) is 11.5 Å². The Hall–Kier alpha value is -0.100. The average molecular weight is 335 g/mol. The van der Waals surface area contributed by atoms with Crippen LogP contribution in [0.5, 0.6) is 0 Å². The molecule has 0 aliphatic carbocycles. The molecule has 0 amide bonds. The molecule has 22 heavy (non-hydrogen) atoms. The molecular weight excluding hydrogens is 300 g/mol. The largest absolute Gasteiger partial charge is 0.396 e. The number of rotatable bonds is 14. The Balaban J connectivity index is 3.52. The number of carbonyl (C=O) groups excluding carboxylic acids is 1. The van der Waals surface area contributed by atoms with E-state index in [1.165, 1.54) is 31.0 Å². The van der Waals surface area contributed by atoms with Gasteiger partial charge in [0.05, 0.1) is 12.7 Å².